The molecule has 2 N–H and O–H groups in total. The number of hydrogen-bond acceptors (Lipinski definition) is 7. The van der Waals surface area contributed by atoms with Gasteiger partial charge in [0, 0.05) is 61.0 Å². The summed E-state index contributed by atoms with van der Waals surface area (Å²) in [6.07, 6.45) is 3.50. The second-order valence-corrected chi connectivity index (χ2v) is 7.82. The zero-order valence-electron chi connectivity index (χ0n) is 17.2. The van der Waals surface area contributed by atoms with Gasteiger partial charge in [0.15, 0.2) is 5.76 Å². The Kier molecular flexibility index (Phi) is 5.05. The zero-order valence-corrected chi connectivity index (χ0v) is 17.2. The monoisotopic (exact) mass is 431 g/mol. The van der Waals surface area contributed by atoms with Crippen LogP contribution in [0.5, 0.6) is 17.2 Å². The summed E-state index contributed by atoms with van der Waals surface area (Å²) in [7, 11) is 0. The first kappa shape index (κ1) is 20.1. The fraction of sp³-hybridized carbons (Fsp3) is 0.250. The van der Waals surface area contributed by atoms with Crippen LogP contribution in [0.3, 0.4) is 0 Å². The van der Waals surface area contributed by atoms with Crippen molar-refractivity contribution in [3.63, 3.8) is 0 Å². The highest BCUT2D eigenvalue weighted by Crippen LogP contribution is 2.41. The highest BCUT2D eigenvalue weighted by atomic mass is 16.5. The van der Waals surface area contributed by atoms with Crippen LogP contribution >= 0.6 is 0 Å². The largest absolute Gasteiger partial charge is 0.508 e. The Morgan fingerprint density at radius 3 is 2.75 bits per heavy atom. The number of ketones is 1. The number of phenols is 2. The molecule has 5 rings (SSSR count). The quantitative estimate of drug-likeness (QED) is 0.612. The number of carbonyl (C=O) groups excluding carboxylic acids is 1. The Bertz CT molecular complexity index is 1300. The number of allylic oxidation sites excluding steroid dienone is 1. The van der Waals surface area contributed by atoms with Crippen molar-refractivity contribution in [2.24, 2.45) is 0 Å². The van der Waals surface area contributed by atoms with E-state index in [0.29, 0.717) is 11.1 Å². The fourth-order valence-corrected chi connectivity index (χ4v) is 4.27. The maximum atomic E-state index is 12.8. The van der Waals surface area contributed by atoms with Crippen molar-refractivity contribution in [1.29, 1.82) is 5.26 Å². The lowest BCUT2D eigenvalue weighted by molar-refractivity contribution is 0.0365. The van der Waals surface area contributed by atoms with Gasteiger partial charge < -0.3 is 24.3 Å². The molecule has 8 nitrogen and oxygen atoms in total. The molecule has 3 aromatic rings. The van der Waals surface area contributed by atoms with Crippen LogP contribution in [0.4, 0.5) is 0 Å². The summed E-state index contributed by atoms with van der Waals surface area (Å²) in [5.41, 5.74) is 2.10. The molecule has 162 valence electrons. The van der Waals surface area contributed by atoms with Crippen molar-refractivity contribution in [1.82, 2.24) is 9.47 Å². The predicted molar refractivity (Wildman–Crippen MR) is 117 cm³/mol. The molecule has 8 heteroatoms. The average Bonchev–Trinajstić information content (AvgIpc) is 3.30. The number of fused-ring (bicyclic) bond motifs is 2. The third kappa shape index (κ3) is 3.47. The van der Waals surface area contributed by atoms with Crippen molar-refractivity contribution >= 4 is 22.8 Å². The smallest absolute Gasteiger partial charge is 0.235 e. The van der Waals surface area contributed by atoms with Crippen molar-refractivity contribution in [3.8, 4) is 23.3 Å². The molecule has 1 fully saturated rings. The Balaban J connectivity index is 1.53. The molecule has 2 aliphatic heterocycles. The number of Topliss-reactive ketones (excluding diaryl/α,β-unsaturated/α-hetero) is 1. The first-order valence-electron chi connectivity index (χ1n) is 10.4. The molecule has 0 radical (unpaired) electrons. The SMILES string of the molecule is N#Cc1cccc2c1c(C=C1Oc3cc(O)cc(O)c3C1=O)cn2CCN1CCOCC1. The van der Waals surface area contributed by atoms with Gasteiger partial charge in [-0.2, -0.15) is 5.26 Å². The number of aromatic nitrogens is 1. The molecule has 2 aromatic carbocycles. The maximum absolute atomic E-state index is 12.8. The summed E-state index contributed by atoms with van der Waals surface area (Å²) in [5.74, 6) is -0.863. The minimum atomic E-state index is -0.471. The molecule has 1 aromatic heterocycles. The summed E-state index contributed by atoms with van der Waals surface area (Å²) < 4.78 is 13.1. The van der Waals surface area contributed by atoms with E-state index in [1.54, 1.807) is 12.1 Å². The molecule has 0 saturated carbocycles. The molecule has 0 unspecified atom stereocenters. The van der Waals surface area contributed by atoms with Gasteiger partial charge in [0.25, 0.3) is 0 Å². The number of phenolic OH excluding ortho intramolecular Hbond substituents is 2. The number of hydrogen-bond donors (Lipinski definition) is 2. The minimum Gasteiger partial charge on any atom is -0.508 e. The number of nitriles is 1. The Morgan fingerprint density at radius 2 is 1.97 bits per heavy atom. The molecule has 1 saturated heterocycles. The van der Waals surface area contributed by atoms with Crippen molar-refractivity contribution in [2.45, 2.75) is 6.54 Å². The van der Waals surface area contributed by atoms with Gasteiger partial charge in [0.05, 0.1) is 24.8 Å². The lowest BCUT2D eigenvalue weighted by atomic mass is 10.0. The van der Waals surface area contributed by atoms with Crippen LogP contribution in [-0.4, -0.2) is 58.3 Å². The maximum Gasteiger partial charge on any atom is 0.235 e. The highest BCUT2D eigenvalue weighted by molar-refractivity contribution is 6.17. The lowest BCUT2D eigenvalue weighted by Gasteiger charge is -2.26. The molecular weight excluding hydrogens is 410 g/mol. The van der Waals surface area contributed by atoms with Crippen LogP contribution in [0.25, 0.3) is 17.0 Å². The van der Waals surface area contributed by atoms with Crippen LogP contribution in [0.15, 0.2) is 42.3 Å². The molecule has 2 aliphatic rings. The molecule has 32 heavy (non-hydrogen) atoms. The van der Waals surface area contributed by atoms with E-state index in [-0.39, 0.29) is 28.6 Å². The second kappa shape index (κ2) is 8.04. The predicted octanol–water partition coefficient (Wildman–Crippen LogP) is 2.87. The number of nitrogens with zero attached hydrogens (tertiary/aromatic N) is 3. The van der Waals surface area contributed by atoms with Crippen molar-refractivity contribution in [3.05, 3.63) is 59.0 Å². The number of carbonyl (C=O) groups is 1. The van der Waals surface area contributed by atoms with Crippen LogP contribution in [0, 0.1) is 11.3 Å². The Morgan fingerprint density at radius 1 is 1.16 bits per heavy atom. The van der Waals surface area contributed by atoms with Gasteiger partial charge >= 0.3 is 0 Å². The van der Waals surface area contributed by atoms with Crippen molar-refractivity contribution < 1.29 is 24.5 Å². The molecule has 0 spiro atoms. The average molecular weight is 431 g/mol. The molecule has 0 amide bonds. The van der Waals surface area contributed by atoms with E-state index in [9.17, 15) is 20.3 Å². The first-order valence-corrected chi connectivity index (χ1v) is 10.4. The molecule has 0 atom stereocenters. The Labute approximate surface area is 184 Å². The zero-order chi connectivity index (χ0) is 22.2. The van der Waals surface area contributed by atoms with Crippen LogP contribution in [-0.2, 0) is 11.3 Å². The topological polar surface area (TPSA) is 108 Å². The number of rotatable bonds is 4. The molecule has 3 heterocycles. The van der Waals surface area contributed by atoms with Gasteiger partial charge in [-0.25, -0.2) is 0 Å². The number of ether oxygens (including phenoxy) is 2. The fourth-order valence-electron chi connectivity index (χ4n) is 4.27. The van der Waals surface area contributed by atoms with E-state index in [1.807, 2.05) is 18.3 Å². The Hall–Kier alpha value is -3.80. The summed E-state index contributed by atoms with van der Waals surface area (Å²) in [6, 6.07) is 10.2. The van der Waals surface area contributed by atoms with Gasteiger partial charge in [0.1, 0.15) is 22.8 Å². The summed E-state index contributed by atoms with van der Waals surface area (Å²) >= 11 is 0. The van der Waals surface area contributed by atoms with Gasteiger partial charge in [-0.15, -0.1) is 0 Å². The van der Waals surface area contributed by atoms with Crippen molar-refractivity contribution in [2.75, 3.05) is 32.8 Å². The normalized spacial score (nSPS) is 17.5. The number of benzene rings is 2. The molecule has 0 aliphatic carbocycles. The van der Waals surface area contributed by atoms with Gasteiger partial charge in [-0.3, -0.25) is 9.69 Å². The summed E-state index contributed by atoms with van der Waals surface area (Å²) in [4.78, 5) is 15.2. The van der Waals surface area contributed by atoms with E-state index in [2.05, 4.69) is 15.5 Å². The van der Waals surface area contributed by atoms with E-state index < -0.39 is 5.78 Å². The van der Waals surface area contributed by atoms with E-state index in [0.717, 1.165) is 56.4 Å². The standard InChI is InChI=1S/C24H21N3O5/c25-13-15-2-1-3-18-22(15)16(14-27(18)5-4-26-6-8-31-9-7-26)10-21-24(30)23-19(29)11-17(28)12-20(23)32-21/h1-3,10-12,14,28-29H,4-9H2. The second-order valence-electron chi connectivity index (χ2n) is 7.82. The van der Waals surface area contributed by atoms with Crippen LogP contribution in [0.1, 0.15) is 21.5 Å². The highest BCUT2D eigenvalue weighted by Gasteiger charge is 2.31. The van der Waals surface area contributed by atoms with Gasteiger partial charge in [-0.05, 0) is 18.2 Å². The molecule has 0 bridgehead atoms. The third-order valence-corrected chi connectivity index (χ3v) is 5.84. The number of aromatic hydroxyl groups is 2. The summed E-state index contributed by atoms with van der Waals surface area (Å²) in [6.45, 7) is 4.79. The lowest BCUT2D eigenvalue weighted by Crippen LogP contribution is -2.38. The van der Waals surface area contributed by atoms with Crippen LogP contribution in [0.2, 0.25) is 0 Å². The number of morpholine rings is 1. The first-order chi connectivity index (χ1) is 15.5. The van der Waals surface area contributed by atoms with Gasteiger partial charge in [0.2, 0.25) is 5.78 Å². The minimum absolute atomic E-state index is 0.0191. The summed E-state index contributed by atoms with van der Waals surface area (Å²) in [5, 5.41) is 30.2. The van der Waals surface area contributed by atoms with E-state index in [1.165, 1.54) is 6.07 Å². The third-order valence-electron chi connectivity index (χ3n) is 5.84. The van der Waals surface area contributed by atoms with Crippen LogP contribution < -0.4 is 4.74 Å². The molecular formula is C24H21N3O5. The van der Waals surface area contributed by atoms with E-state index in [4.69, 9.17) is 9.47 Å². The van der Waals surface area contributed by atoms with Gasteiger partial charge in [-0.1, -0.05) is 6.07 Å². The van der Waals surface area contributed by atoms with E-state index >= 15 is 0 Å².